The molecule has 82 valence electrons. The van der Waals surface area contributed by atoms with Crippen molar-refractivity contribution in [1.29, 1.82) is 0 Å². The van der Waals surface area contributed by atoms with Crippen LogP contribution >= 0.6 is 0 Å². The van der Waals surface area contributed by atoms with Crippen molar-refractivity contribution in [2.24, 2.45) is 0 Å². The van der Waals surface area contributed by atoms with E-state index in [4.69, 9.17) is 9.84 Å². The summed E-state index contributed by atoms with van der Waals surface area (Å²) < 4.78 is 5.51. The third kappa shape index (κ3) is 3.27. The SMILES string of the molecule is CCOc1c(C)cccc1CCC(=O)O. The highest BCUT2D eigenvalue weighted by atomic mass is 16.5. The van der Waals surface area contributed by atoms with Crippen molar-refractivity contribution >= 4 is 5.97 Å². The van der Waals surface area contributed by atoms with Crippen LogP contribution in [0.1, 0.15) is 24.5 Å². The Morgan fingerprint density at radius 2 is 2.20 bits per heavy atom. The number of aliphatic carboxylic acids is 1. The summed E-state index contributed by atoms with van der Waals surface area (Å²) in [6.45, 7) is 4.49. The lowest BCUT2D eigenvalue weighted by molar-refractivity contribution is -0.136. The largest absolute Gasteiger partial charge is 0.493 e. The zero-order valence-corrected chi connectivity index (χ0v) is 9.12. The number of benzene rings is 1. The van der Waals surface area contributed by atoms with Gasteiger partial charge in [0.2, 0.25) is 0 Å². The highest BCUT2D eigenvalue weighted by Gasteiger charge is 2.07. The second-order valence-electron chi connectivity index (χ2n) is 3.39. The van der Waals surface area contributed by atoms with Crippen molar-refractivity contribution in [3.05, 3.63) is 29.3 Å². The standard InChI is InChI=1S/C12H16O3/c1-3-15-12-9(2)5-4-6-10(12)7-8-11(13)14/h4-6H,3,7-8H2,1-2H3,(H,13,14). The molecule has 0 aliphatic carbocycles. The highest BCUT2D eigenvalue weighted by Crippen LogP contribution is 2.24. The summed E-state index contributed by atoms with van der Waals surface area (Å²) in [4.78, 5) is 10.5. The molecule has 0 fully saturated rings. The summed E-state index contributed by atoms with van der Waals surface area (Å²) in [5, 5.41) is 8.62. The predicted molar refractivity (Wildman–Crippen MR) is 58.3 cm³/mol. The number of hydrogen-bond acceptors (Lipinski definition) is 2. The molecule has 3 nitrogen and oxygen atoms in total. The quantitative estimate of drug-likeness (QED) is 0.808. The Bertz CT molecular complexity index is 345. The number of hydrogen-bond donors (Lipinski definition) is 1. The molecule has 0 aliphatic rings. The van der Waals surface area contributed by atoms with E-state index in [1.807, 2.05) is 32.0 Å². The van der Waals surface area contributed by atoms with Crippen LogP contribution in [0.3, 0.4) is 0 Å². The molecule has 0 saturated heterocycles. The summed E-state index contributed by atoms with van der Waals surface area (Å²) in [6, 6.07) is 5.81. The van der Waals surface area contributed by atoms with Crippen molar-refractivity contribution in [2.45, 2.75) is 26.7 Å². The maximum Gasteiger partial charge on any atom is 0.303 e. The second-order valence-corrected chi connectivity index (χ2v) is 3.39. The number of carboxylic acids is 1. The molecule has 1 N–H and O–H groups in total. The fraction of sp³-hybridized carbons (Fsp3) is 0.417. The number of ether oxygens (including phenoxy) is 1. The molecule has 0 unspecified atom stereocenters. The predicted octanol–water partition coefficient (Wildman–Crippen LogP) is 2.41. The minimum Gasteiger partial charge on any atom is -0.493 e. The van der Waals surface area contributed by atoms with Gasteiger partial charge in [-0.1, -0.05) is 18.2 Å². The fourth-order valence-electron chi connectivity index (χ4n) is 1.50. The van der Waals surface area contributed by atoms with Crippen molar-refractivity contribution in [2.75, 3.05) is 6.61 Å². The smallest absolute Gasteiger partial charge is 0.303 e. The van der Waals surface area contributed by atoms with Gasteiger partial charge in [0.1, 0.15) is 5.75 Å². The van der Waals surface area contributed by atoms with Crippen molar-refractivity contribution in [3.8, 4) is 5.75 Å². The maximum atomic E-state index is 10.5. The fourth-order valence-corrected chi connectivity index (χ4v) is 1.50. The van der Waals surface area contributed by atoms with Gasteiger partial charge in [0.25, 0.3) is 0 Å². The topological polar surface area (TPSA) is 46.5 Å². The van der Waals surface area contributed by atoms with Crippen LogP contribution < -0.4 is 4.74 Å². The molecule has 1 aromatic carbocycles. The highest BCUT2D eigenvalue weighted by molar-refractivity contribution is 5.67. The molecule has 0 spiro atoms. The summed E-state index contributed by atoms with van der Waals surface area (Å²) in [5.41, 5.74) is 2.03. The molecule has 3 heteroatoms. The van der Waals surface area contributed by atoms with E-state index in [2.05, 4.69) is 0 Å². The van der Waals surface area contributed by atoms with Crippen molar-refractivity contribution < 1.29 is 14.6 Å². The van der Waals surface area contributed by atoms with Gasteiger partial charge in [-0.05, 0) is 31.4 Å². The number of carbonyl (C=O) groups is 1. The minimum atomic E-state index is -0.779. The zero-order valence-electron chi connectivity index (χ0n) is 9.12. The first-order valence-corrected chi connectivity index (χ1v) is 5.08. The number of rotatable bonds is 5. The van der Waals surface area contributed by atoms with Crippen LogP contribution in [0.5, 0.6) is 5.75 Å². The Hall–Kier alpha value is -1.51. The number of carboxylic acid groups (broad SMARTS) is 1. The van der Waals surface area contributed by atoms with E-state index in [9.17, 15) is 4.79 Å². The number of para-hydroxylation sites is 1. The molecule has 15 heavy (non-hydrogen) atoms. The zero-order chi connectivity index (χ0) is 11.3. The molecule has 0 bridgehead atoms. The van der Waals surface area contributed by atoms with Gasteiger partial charge in [-0.15, -0.1) is 0 Å². The summed E-state index contributed by atoms with van der Waals surface area (Å²) in [5.74, 6) is 0.0557. The Balaban J connectivity index is 2.85. The van der Waals surface area contributed by atoms with E-state index in [-0.39, 0.29) is 6.42 Å². The van der Waals surface area contributed by atoms with Crippen LogP contribution in [0.15, 0.2) is 18.2 Å². The van der Waals surface area contributed by atoms with Gasteiger partial charge in [-0.2, -0.15) is 0 Å². The molecular formula is C12H16O3. The van der Waals surface area contributed by atoms with Gasteiger partial charge in [0, 0.05) is 6.42 Å². The first kappa shape index (κ1) is 11.6. The summed E-state index contributed by atoms with van der Waals surface area (Å²) >= 11 is 0. The average molecular weight is 208 g/mol. The van der Waals surface area contributed by atoms with Gasteiger partial charge in [0.15, 0.2) is 0 Å². The van der Waals surface area contributed by atoms with Crippen LogP contribution in [-0.4, -0.2) is 17.7 Å². The lowest BCUT2D eigenvalue weighted by Gasteiger charge is -2.11. The van der Waals surface area contributed by atoms with Gasteiger partial charge >= 0.3 is 5.97 Å². The van der Waals surface area contributed by atoms with Crippen LogP contribution in [0.2, 0.25) is 0 Å². The van der Waals surface area contributed by atoms with Gasteiger partial charge in [-0.3, -0.25) is 4.79 Å². The average Bonchev–Trinajstić information content (AvgIpc) is 2.19. The molecule has 0 saturated carbocycles. The molecular weight excluding hydrogens is 192 g/mol. The first-order valence-electron chi connectivity index (χ1n) is 5.08. The van der Waals surface area contributed by atoms with Crippen molar-refractivity contribution in [3.63, 3.8) is 0 Å². The Labute approximate surface area is 89.7 Å². The molecule has 1 aromatic rings. The van der Waals surface area contributed by atoms with Crippen LogP contribution in [0.4, 0.5) is 0 Å². The molecule has 0 amide bonds. The lowest BCUT2D eigenvalue weighted by atomic mass is 10.1. The van der Waals surface area contributed by atoms with E-state index in [0.717, 1.165) is 16.9 Å². The van der Waals surface area contributed by atoms with Crippen LogP contribution in [0, 0.1) is 6.92 Å². The summed E-state index contributed by atoms with van der Waals surface area (Å²) in [6.07, 6.45) is 0.663. The Morgan fingerprint density at radius 1 is 1.47 bits per heavy atom. The minimum absolute atomic E-state index is 0.142. The lowest BCUT2D eigenvalue weighted by Crippen LogP contribution is -2.02. The molecule has 0 aliphatic heterocycles. The van der Waals surface area contributed by atoms with E-state index in [1.54, 1.807) is 0 Å². The molecule has 1 rings (SSSR count). The molecule has 0 aromatic heterocycles. The Morgan fingerprint density at radius 3 is 2.80 bits per heavy atom. The first-order chi connectivity index (χ1) is 7.15. The van der Waals surface area contributed by atoms with Gasteiger partial charge in [-0.25, -0.2) is 0 Å². The van der Waals surface area contributed by atoms with Crippen LogP contribution in [-0.2, 0) is 11.2 Å². The molecule has 0 heterocycles. The van der Waals surface area contributed by atoms with Crippen LogP contribution in [0.25, 0.3) is 0 Å². The Kier molecular flexibility index (Phi) is 4.16. The molecule has 0 atom stereocenters. The monoisotopic (exact) mass is 208 g/mol. The van der Waals surface area contributed by atoms with E-state index in [1.165, 1.54) is 0 Å². The van der Waals surface area contributed by atoms with E-state index < -0.39 is 5.97 Å². The summed E-state index contributed by atoms with van der Waals surface area (Å²) in [7, 11) is 0. The van der Waals surface area contributed by atoms with Gasteiger partial charge < -0.3 is 9.84 Å². The third-order valence-corrected chi connectivity index (χ3v) is 2.19. The van der Waals surface area contributed by atoms with E-state index in [0.29, 0.717) is 13.0 Å². The normalized spacial score (nSPS) is 10.0. The third-order valence-electron chi connectivity index (χ3n) is 2.19. The van der Waals surface area contributed by atoms with E-state index >= 15 is 0 Å². The molecule has 0 radical (unpaired) electrons. The number of aryl methyl sites for hydroxylation is 2. The van der Waals surface area contributed by atoms with Gasteiger partial charge in [0.05, 0.1) is 6.61 Å². The second kappa shape index (κ2) is 5.39. The van der Waals surface area contributed by atoms with Crippen molar-refractivity contribution in [1.82, 2.24) is 0 Å². The maximum absolute atomic E-state index is 10.5.